The van der Waals surface area contributed by atoms with Gasteiger partial charge in [-0.25, -0.2) is 4.98 Å². The lowest BCUT2D eigenvalue weighted by atomic mass is 10.0. The molecule has 0 aliphatic rings. The first-order valence-corrected chi connectivity index (χ1v) is 11.4. The van der Waals surface area contributed by atoms with E-state index in [-0.39, 0.29) is 15.7 Å². The van der Waals surface area contributed by atoms with Crippen molar-refractivity contribution in [3.63, 3.8) is 0 Å². The predicted molar refractivity (Wildman–Crippen MR) is 141 cm³/mol. The van der Waals surface area contributed by atoms with Crippen LogP contribution < -0.4 is 14.8 Å². The Hall–Kier alpha value is -3.82. The zero-order valence-electron chi connectivity index (χ0n) is 20.3. The van der Waals surface area contributed by atoms with Crippen molar-refractivity contribution >= 4 is 58.6 Å². The van der Waals surface area contributed by atoms with Crippen LogP contribution in [0.1, 0.15) is 22.3 Å². The van der Waals surface area contributed by atoms with E-state index >= 15 is 0 Å². The third-order valence-corrected chi connectivity index (χ3v) is 6.26. The van der Waals surface area contributed by atoms with Gasteiger partial charge in [0.15, 0.2) is 0 Å². The average molecular weight is 531 g/mol. The zero-order chi connectivity index (χ0) is 26.6. The fraction of sp³-hybridized carbons (Fsp3) is 0.200. The number of carbonyl (C=O) groups excluding carboxylic acids is 1. The van der Waals surface area contributed by atoms with Gasteiger partial charge in [0.1, 0.15) is 23.0 Å². The summed E-state index contributed by atoms with van der Waals surface area (Å²) in [6.45, 7) is 3.62. The van der Waals surface area contributed by atoms with Crippen LogP contribution in [0, 0.1) is 24.0 Å². The van der Waals surface area contributed by atoms with Crippen molar-refractivity contribution in [3.8, 4) is 11.5 Å². The lowest BCUT2D eigenvalue weighted by Gasteiger charge is -2.21. The number of methoxy groups -OCH3 is 2. The van der Waals surface area contributed by atoms with E-state index in [0.29, 0.717) is 51.8 Å². The first-order chi connectivity index (χ1) is 17.1. The first-order valence-electron chi connectivity index (χ1n) is 10.6. The van der Waals surface area contributed by atoms with E-state index in [2.05, 4.69) is 10.3 Å². The summed E-state index contributed by atoms with van der Waals surface area (Å²) in [5.74, 6) is 1.08. The Labute approximate surface area is 218 Å². The van der Waals surface area contributed by atoms with Crippen LogP contribution in [0.15, 0.2) is 36.5 Å². The SMILES string of the molecule is COc1cc(OC)c(Cl)c(/C(=C/c2cnc(Nc3c(C)cccc3[N+](=O)[O-])cc2C)N(C)C=O)c1Cl. The minimum absolute atomic E-state index is 0.0513. The van der Waals surface area contributed by atoms with Gasteiger partial charge in [-0.3, -0.25) is 14.9 Å². The molecule has 9 nitrogen and oxygen atoms in total. The number of nitrogens with one attached hydrogen (secondary N) is 1. The van der Waals surface area contributed by atoms with Crippen molar-refractivity contribution in [2.75, 3.05) is 26.6 Å². The number of anilines is 2. The molecule has 0 bridgehead atoms. The number of hydrogen-bond donors (Lipinski definition) is 1. The summed E-state index contributed by atoms with van der Waals surface area (Å²) in [6, 6.07) is 8.13. The number of ether oxygens (including phenoxy) is 2. The molecule has 0 radical (unpaired) electrons. The first kappa shape index (κ1) is 26.8. The molecule has 0 aliphatic carbocycles. The van der Waals surface area contributed by atoms with Crippen LogP contribution in [-0.2, 0) is 4.79 Å². The van der Waals surface area contributed by atoms with Gasteiger partial charge in [-0.05, 0) is 42.7 Å². The fourth-order valence-electron chi connectivity index (χ4n) is 3.55. The number of pyridine rings is 1. The summed E-state index contributed by atoms with van der Waals surface area (Å²) in [5.41, 5.74) is 3.20. The number of benzene rings is 2. The zero-order valence-corrected chi connectivity index (χ0v) is 21.8. The molecule has 1 heterocycles. The van der Waals surface area contributed by atoms with Crippen LogP contribution >= 0.6 is 23.2 Å². The van der Waals surface area contributed by atoms with Crippen LogP contribution in [0.25, 0.3) is 11.8 Å². The quantitative estimate of drug-likeness (QED) is 0.197. The van der Waals surface area contributed by atoms with E-state index in [1.54, 1.807) is 50.5 Å². The molecule has 1 N–H and O–H groups in total. The summed E-state index contributed by atoms with van der Waals surface area (Å²) in [5, 5.41) is 14.9. The topological polar surface area (TPSA) is 107 Å². The van der Waals surface area contributed by atoms with E-state index in [1.807, 2.05) is 6.92 Å². The molecule has 0 saturated carbocycles. The standard InChI is InChI=1S/C25H24Cl2N4O5/c1-14-7-6-8-17(31(33)34)25(14)29-21-9-15(2)16(12-28-21)10-18(30(3)13-32)22-23(26)19(35-4)11-20(36-5)24(22)27/h6-13H,1-5H3,(H,28,29)/b18-10-. The Kier molecular flexibility index (Phi) is 8.39. The number of halogens is 2. The van der Waals surface area contributed by atoms with Gasteiger partial charge in [-0.15, -0.1) is 0 Å². The summed E-state index contributed by atoms with van der Waals surface area (Å²) in [4.78, 5) is 28.5. The van der Waals surface area contributed by atoms with Crippen molar-refractivity contribution in [2.45, 2.75) is 13.8 Å². The lowest BCUT2D eigenvalue weighted by Crippen LogP contribution is -2.15. The van der Waals surface area contributed by atoms with Gasteiger partial charge in [0, 0.05) is 30.9 Å². The number of nitro groups is 1. The Morgan fingerprint density at radius 1 is 1.11 bits per heavy atom. The van der Waals surface area contributed by atoms with E-state index in [9.17, 15) is 14.9 Å². The van der Waals surface area contributed by atoms with Crippen molar-refractivity contribution < 1.29 is 19.2 Å². The maximum atomic E-state index is 11.8. The number of para-hydroxylation sites is 1. The number of nitro benzene ring substituents is 1. The molecule has 3 rings (SSSR count). The molecule has 0 fully saturated rings. The second kappa shape index (κ2) is 11.3. The van der Waals surface area contributed by atoms with E-state index in [1.165, 1.54) is 25.2 Å². The average Bonchev–Trinajstić information content (AvgIpc) is 2.85. The van der Waals surface area contributed by atoms with Gasteiger partial charge in [0.25, 0.3) is 5.69 Å². The summed E-state index contributed by atoms with van der Waals surface area (Å²) < 4.78 is 10.7. The number of aromatic nitrogens is 1. The molecule has 11 heteroatoms. The third-order valence-electron chi connectivity index (χ3n) is 5.51. The molecule has 0 unspecified atom stereocenters. The molecule has 0 aliphatic heterocycles. The molecular formula is C25H24Cl2N4O5. The molecular weight excluding hydrogens is 507 g/mol. The largest absolute Gasteiger partial charge is 0.495 e. The maximum absolute atomic E-state index is 11.8. The lowest BCUT2D eigenvalue weighted by molar-refractivity contribution is -0.384. The highest BCUT2D eigenvalue weighted by molar-refractivity contribution is 6.39. The van der Waals surface area contributed by atoms with Crippen molar-refractivity contribution in [2.24, 2.45) is 0 Å². The van der Waals surface area contributed by atoms with Gasteiger partial charge < -0.3 is 19.7 Å². The Bertz CT molecular complexity index is 1330. The minimum Gasteiger partial charge on any atom is -0.495 e. The Morgan fingerprint density at radius 3 is 2.28 bits per heavy atom. The Balaban J connectivity index is 2.11. The minimum atomic E-state index is -0.448. The van der Waals surface area contributed by atoms with Gasteiger partial charge in [0.05, 0.1) is 34.9 Å². The Morgan fingerprint density at radius 2 is 1.75 bits per heavy atom. The highest BCUT2D eigenvalue weighted by Gasteiger charge is 2.23. The predicted octanol–water partition coefficient (Wildman–Crippen LogP) is 6.26. The maximum Gasteiger partial charge on any atom is 0.292 e. The molecule has 1 aromatic heterocycles. The van der Waals surface area contributed by atoms with Crippen LogP contribution in [0.4, 0.5) is 17.2 Å². The van der Waals surface area contributed by atoms with Gasteiger partial charge in [-0.2, -0.15) is 0 Å². The highest BCUT2D eigenvalue weighted by Crippen LogP contribution is 2.44. The van der Waals surface area contributed by atoms with Gasteiger partial charge in [0.2, 0.25) is 6.41 Å². The van der Waals surface area contributed by atoms with Crippen molar-refractivity contribution in [3.05, 3.63) is 78.9 Å². The summed E-state index contributed by atoms with van der Waals surface area (Å²) in [7, 11) is 4.49. The second-order valence-corrected chi connectivity index (χ2v) is 8.56. The van der Waals surface area contributed by atoms with Gasteiger partial charge >= 0.3 is 0 Å². The number of rotatable bonds is 9. The number of amides is 1. The van der Waals surface area contributed by atoms with E-state index in [0.717, 1.165) is 5.56 Å². The molecule has 0 saturated heterocycles. The van der Waals surface area contributed by atoms with Crippen LogP contribution in [0.3, 0.4) is 0 Å². The molecule has 3 aromatic rings. The van der Waals surface area contributed by atoms with Crippen molar-refractivity contribution in [1.29, 1.82) is 0 Å². The van der Waals surface area contributed by atoms with E-state index < -0.39 is 4.92 Å². The summed E-state index contributed by atoms with van der Waals surface area (Å²) >= 11 is 13.2. The number of nitrogens with zero attached hydrogens (tertiary/aromatic N) is 3. The molecule has 0 spiro atoms. The molecule has 188 valence electrons. The molecule has 0 atom stereocenters. The van der Waals surface area contributed by atoms with Crippen molar-refractivity contribution in [1.82, 2.24) is 9.88 Å². The van der Waals surface area contributed by atoms with Crippen LogP contribution in [-0.4, -0.2) is 42.5 Å². The molecule has 1 amide bonds. The van der Waals surface area contributed by atoms with Crippen LogP contribution in [0.5, 0.6) is 11.5 Å². The normalized spacial score (nSPS) is 11.1. The summed E-state index contributed by atoms with van der Waals surface area (Å²) in [6.07, 6.45) is 3.92. The number of aryl methyl sites for hydroxylation is 2. The van der Waals surface area contributed by atoms with Crippen LogP contribution in [0.2, 0.25) is 10.0 Å². The monoisotopic (exact) mass is 530 g/mol. The second-order valence-electron chi connectivity index (χ2n) is 7.81. The third kappa shape index (κ3) is 5.37. The molecule has 2 aromatic carbocycles. The fourth-order valence-corrected chi connectivity index (χ4v) is 4.24. The highest BCUT2D eigenvalue weighted by atomic mass is 35.5. The number of carbonyl (C=O) groups is 1. The van der Waals surface area contributed by atoms with E-state index in [4.69, 9.17) is 32.7 Å². The van der Waals surface area contributed by atoms with Gasteiger partial charge in [-0.1, -0.05) is 35.3 Å². The smallest absolute Gasteiger partial charge is 0.292 e. The molecule has 36 heavy (non-hydrogen) atoms. The number of hydrogen-bond acceptors (Lipinski definition) is 7.